The highest BCUT2D eigenvalue weighted by molar-refractivity contribution is 14.0. The van der Waals surface area contributed by atoms with Gasteiger partial charge >= 0.3 is 0 Å². The Morgan fingerprint density at radius 2 is 1.88 bits per heavy atom. The van der Waals surface area contributed by atoms with Gasteiger partial charge in [-0.25, -0.2) is 4.99 Å². The minimum absolute atomic E-state index is 0. The number of aliphatic imine (C=N–C) groups is 1. The minimum Gasteiger partial charge on any atom is -0.385 e. The largest absolute Gasteiger partial charge is 0.385 e. The van der Waals surface area contributed by atoms with Crippen LogP contribution in [-0.4, -0.2) is 32.8 Å². The van der Waals surface area contributed by atoms with Gasteiger partial charge in [0, 0.05) is 26.8 Å². The van der Waals surface area contributed by atoms with Crippen LogP contribution in [0.15, 0.2) is 35.3 Å². The summed E-state index contributed by atoms with van der Waals surface area (Å²) in [5.74, 6) is 0.917. The molecule has 2 N–H and O–H groups in total. The lowest BCUT2D eigenvalue weighted by atomic mass is 9.83. The van der Waals surface area contributed by atoms with Crippen LogP contribution in [0.1, 0.15) is 44.6 Å². The lowest BCUT2D eigenvalue weighted by Gasteiger charge is -2.30. The van der Waals surface area contributed by atoms with Crippen LogP contribution in [0.25, 0.3) is 0 Å². The van der Waals surface area contributed by atoms with Crippen LogP contribution in [0.3, 0.4) is 0 Å². The fourth-order valence-electron chi connectivity index (χ4n) is 3.33. The molecule has 136 valence electrons. The molecule has 0 unspecified atom stereocenters. The Morgan fingerprint density at radius 3 is 2.50 bits per heavy atom. The van der Waals surface area contributed by atoms with Gasteiger partial charge in [0.05, 0.1) is 6.54 Å². The summed E-state index contributed by atoms with van der Waals surface area (Å²) >= 11 is 0. The van der Waals surface area contributed by atoms with Gasteiger partial charge in [-0.15, -0.1) is 24.0 Å². The van der Waals surface area contributed by atoms with Gasteiger partial charge < -0.3 is 15.4 Å². The van der Waals surface area contributed by atoms with E-state index in [2.05, 4.69) is 41.8 Å². The summed E-state index contributed by atoms with van der Waals surface area (Å²) < 4.78 is 5.31. The average Bonchev–Trinajstić information content (AvgIpc) is 3.06. The van der Waals surface area contributed by atoms with Gasteiger partial charge in [0.1, 0.15) is 0 Å². The highest BCUT2D eigenvalue weighted by Gasteiger charge is 2.33. The van der Waals surface area contributed by atoms with Crippen molar-refractivity contribution in [3.05, 3.63) is 35.9 Å². The summed E-state index contributed by atoms with van der Waals surface area (Å²) in [5, 5.41) is 6.92. The third kappa shape index (κ3) is 6.97. The number of methoxy groups -OCH3 is 1. The number of hydrogen-bond acceptors (Lipinski definition) is 2. The van der Waals surface area contributed by atoms with Crippen molar-refractivity contribution in [1.29, 1.82) is 0 Å². The first kappa shape index (κ1) is 21.2. The second-order valence-electron chi connectivity index (χ2n) is 6.48. The summed E-state index contributed by atoms with van der Waals surface area (Å²) in [4.78, 5) is 4.72. The van der Waals surface area contributed by atoms with Gasteiger partial charge in [0.25, 0.3) is 0 Å². The highest BCUT2D eigenvalue weighted by atomic mass is 127. The SMILES string of the molecule is CCNC(=NCc1ccccc1)NCC1(CCOC)CCCC1.I. The van der Waals surface area contributed by atoms with E-state index in [1.807, 2.05) is 6.07 Å². The molecule has 4 nitrogen and oxygen atoms in total. The summed E-state index contributed by atoms with van der Waals surface area (Å²) in [6, 6.07) is 10.4. The molecule has 24 heavy (non-hydrogen) atoms. The lowest BCUT2D eigenvalue weighted by Crippen LogP contribution is -2.43. The third-order valence-corrected chi connectivity index (χ3v) is 4.74. The molecule has 2 rings (SSSR count). The summed E-state index contributed by atoms with van der Waals surface area (Å²) in [7, 11) is 1.79. The standard InChI is InChI=1S/C19H31N3O.HI/c1-3-20-18(21-15-17-9-5-4-6-10-17)22-16-19(13-14-23-2)11-7-8-12-19;/h4-6,9-10H,3,7-8,11-16H2,1-2H3,(H2,20,21,22);1H. The molecule has 1 aliphatic rings. The normalized spacial score (nSPS) is 16.5. The predicted octanol–water partition coefficient (Wildman–Crippen LogP) is 3.96. The van der Waals surface area contributed by atoms with Crippen LogP contribution in [0.5, 0.6) is 0 Å². The van der Waals surface area contributed by atoms with Crippen LogP contribution in [0.4, 0.5) is 0 Å². The topological polar surface area (TPSA) is 45.7 Å². The van der Waals surface area contributed by atoms with E-state index in [1.54, 1.807) is 7.11 Å². The lowest BCUT2D eigenvalue weighted by molar-refractivity contribution is 0.138. The molecule has 0 bridgehead atoms. The molecule has 1 aromatic carbocycles. The number of hydrogen-bond donors (Lipinski definition) is 2. The Morgan fingerprint density at radius 1 is 1.17 bits per heavy atom. The van der Waals surface area contributed by atoms with Crippen molar-refractivity contribution in [2.75, 3.05) is 26.8 Å². The molecule has 0 radical (unpaired) electrons. The molecular weight excluding hydrogens is 413 g/mol. The number of ether oxygens (including phenoxy) is 1. The van der Waals surface area contributed by atoms with Crippen molar-refractivity contribution in [3.8, 4) is 0 Å². The molecule has 0 amide bonds. The van der Waals surface area contributed by atoms with Gasteiger partial charge in [-0.05, 0) is 37.2 Å². The quantitative estimate of drug-likeness (QED) is 0.362. The molecule has 1 fully saturated rings. The summed E-state index contributed by atoms with van der Waals surface area (Å²) in [5.41, 5.74) is 1.61. The van der Waals surface area contributed by atoms with Gasteiger partial charge in [-0.1, -0.05) is 43.2 Å². The van der Waals surface area contributed by atoms with Crippen molar-refractivity contribution in [2.24, 2.45) is 10.4 Å². The van der Waals surface area contributed by atoms with Crippen molar-refractivity contribution in [3.63, 3.8) is 0 Å². The van der Waals surface area contributed by atoms with E-state index >= 15 is 0 Å². The maximum atomic E-state index is 5.31. The first-order valence-corrected chi connectivity index (χ1v) is 8.83. The van der Waals surface area contributed by atoms with Crippen molar-refractivity contribution in [2.45, 2.75) is 45.6 Å². The zero-order chi connectivity index (χ0) is 16.4. The molecule has 0 heterocycles. The smallest absolute Gasteiger partial charge is 0.191 e. The van der Waals surface area contributed by atoms with Crippen molar-refractivity contribution < 1.29 is 4.74 Å². The van der Waals surface area contributed by atoms with Crippen LogP contribution in [-0.2, 0) is 11.3 Å². The minimum atomic E-state index is 0. The van der Waals surface area contributed by atoms with Gasteiger partial charge in [-0.3, -0.25) is 0 Å². The number of halogens is 1. The van der Waals surface area contributed by atoms with Crippen molar-refractivity contribution >= 4 is 29.9 Å². The van der Waals surface area contributed by atoms with Gasteiger partial charge in [0.15, 0.2) is 5.96 Å². The first-order chi connectivity index (χ1) is 11.3. The van der Waals surface area contributed by atoms with Crippen molar-refractivity contribution in [1.82, 2.24) is 10.6 Å². The maximum absolute atomic E-state index is 5.31. The molecule has 1 saturated carbocycles. The first-order valence-electron chi connectivity index (χ1n) is 8.83. The van der Waals surface area contributed by atoms with E-state index in [0.29, 0.717) is 12.0 Å². The Labute approximate surface area is 163 Å². The fraction of sp³-hybridized carbons (Fsp3) is 0.632. The molecule has 1 aromatic rings. The second kappa shape index (κ2) is 11.7. The van der Waals surface area contributed by atoms with Crippen LogP contribution in [0.2, 0.25) is 0 Å². The monoisotopic (exact) mass is 445 g/mol. The summed E-state index contributed by atoms with van der Waals surface area (Å²) in [6.07, 6.45) is 6.39. The molecule has 1 aliphatic carbocycles. The van der Waals surface area contributed by atoms with Gasteiger partial charge in [-0.2, -0.15) is 0 Å². The van der Waals surface area contributed by atoms with Crippen LogP contribution < -0.4 is 10.6 Å². The third-order valence-electron chi connectivity index (χ3n) is 4.74. The Kier molecular flexibility index (Phi) is 10.3. The summed E-state index contributed by atoms with van der Waals surface area (Å²) in [6.45, 7) is 5.53. The molecule has 0 aliphatic heterocycles. The predicted molar refractivity (Wildman–Crippen MR) is 112 cm³/mol. The Balaban J connectivity index is 0.00000288. The van der Waals surface area contributed by atoms with E-state index in [0.717, 1.165) is 32.1 Å². The zero-order valence-electron chi connectivity index (χ0n) is 15.0. The highest BCUT2D eigenvalue weighted by Crippen LogP contribution is 2.40. The van der Waals surface area contributed by atoms with E-state index in [-0.39, 0.29) is 24.0 Å². The van der Waals surface area contributed by atoms with Crippen LogP contribution in [0, 0.1) is 5.41 Å². The number of nitrogens with one attached hydrogen (secondary N) is 2. The number of benzene rings is 1. The molecule has 0 saturated heterocycles. The number of nitrogens with zero attached hydrogens (tertiary/aromatic N) is 1. The maximum Gasteiger partial charge on any atom is 0.191 e. The molecule has 0 aromatic heterocycles. The molecular formula is C19H32IN3O. The number of rotatable bonds is 8. The number of guanidine groups is 1. The molecule has 5 heteroatoms. The van der Waals surface area contributed by atoms with E-state index in [4.69, 9.17) is 9.73 Å². The molecule has 0 spiro atoms. The Bertz CT molecular complexity index is 473. The van der Waals surface area contributed by atoms with E-state index in [9.17, 15) is 0 Å². The van der Waals surface area contributed by atoms with Gasteiger partial charge in [0.2, 0.25) is 0 Å². The molecule has 0 atom stereocenters. The van der Waals surface area contributed by atoms with E-state index < -0.39 is 0 Å². The average molecular weight is 445 g/mol. The fourth-order valence-corrected chi connectivity index (χ4v) is 3.33. The Hall–Kier alpha value is -0.820. The van der Waals surface area contributed by atoms with E-state index in [1.165, 1.54) is 31.2 Å². The second-order valence-corrected chi connectivity index (χ2v) is 6.48. The van der Waals surface area contributed by atoms with Crippen LogP contribution >= 0.6 is 24.0 Å². The zero-order valence-corrected chi connectivity index (χ0v) is 17.3.